The maximum Gasteiger partial charge on any atom is 0.132 e. The van der Waals surface area contributed by atoms with Gasteiger partial charge in [0, 0.05) is 18.7 Å². The minimum Gasteiger partial charge on any atom is -0.497 e. The van der Waals surface area contributed by atoms with Gasteiger partial charge >= 0.3 is 0 Å². The quantitative estimate of drug-likeness (QED) is 0.882. The second-order valence-corrected chi connectivity index (χ2v) is 4.70. The predicted octanol–water partition coefficient (Wildman–Crippen LogP) is 2.66. The maximum atomic E-state index is 14.3. The van der Waals surface area contributed by atoms with Crippen LogP contribution in [0.25, 0.3) is 0 Å². The predicted molar refractivity (Wildman–Crippen MR) is 76.3 cm³/mol. The summed E-state index contributed by atoms with van der Waals surface area (Å²) in [5.41, 5.74) is 1.53. The van der Waals surface area contributed by atoms with E-state index in [1.165, 1.54) is 13.2 Å². The molecule has 2 rings (SSSR count). The first-order valence-corrected chi connectivity index (χ1v) is 6.70. The van der Waals surface area contributed by atoms with Crippen molar-refractivity contribution in [1.82, 2.24) is 14.9 Å². The Hall–Kier alpha value is -1.88. The molecule has 0 aliphatic heterocycles. The normalized spacial score (nSPS) is 12.4. The SMILES string of the molecule is CCCNC(c1ccc(OC)cc1F)c1cncn1C. The highest BCUT2D eigenvalue weighted by molar-refractivity contribution is 5.34. The Kier molecular flexibility index (Phi) is 4.74. The number of nitrogens with one attached hydrogen (secondary N) is 1. The van der Waals surface area contributed by atoms with Crippen molar-refractivity contribution < 1.29 is 9.13 Å². The fourth-order valence-corrected chi connectivity index (χ4v) is 2.18. The first-order chi connectivity index (χ1) is 9.67. The Morgan fingerprint density at radius 2 is 2.25 bits per heavy atom. The molecule has 5 heteroatoms. The zero-order valence-electron chi connectivity index (χ0n) is 12.1. The molecule has 1 aromatic heterocycles. The van der Waals surface area contributed by atoms with Crippen LogP contribution < -0.4 is 10.1 Å². The minimum absolute atomic E-state index is 0.214. The van der Waals surface area contributed by atoms with E-state index in [-0.39, 0.29) is 11.9 Å². The molecule has 0 bridgehead atoms. The van der Waals surface area contributed by atoms with Gasteiger partial charge in [-0.2, -0.15) is 0 Å². The number of nitrogens with zero attached hydrogens (tertiary/aromatic N) is 2. The van der Waals surface area contributed by atoms with Crippen molar-refractivity contribution in [2.24, 2.45) is 7.05 Å². The molecule has 0 aliphatic rings. The second kappa shape index (κ2) is 6.52. The zero-order valence-corrected chi connectivity index (χ0v) is 12.1. The summed E-state index contributed by atoms with van der Waals surface area (Å²) in [7, 11) is 3.44. The smallest absolute Gasteiger partial charge is 0.132 e. The molecular formula is C15H20FN3O. The molecule has 4 nitrogen and oxygen atoms in total. The Morgan fingerprint density at radius 3 is 2.80 bits per heavy atom. The van der Waals surface area contributed by atoms with Crippen LogP contribution in [0.4, 0.5) is 4.39 Å². The number of rotatable bonds is 6. The van der Waals surface area contributed by atoms with Gasteiger partial charge in [0.15, 0.2) is 0 Å². The molecule has 1 N–H and O–H groups in total. The molecular weight excluding hydrogens is 257 g/mol. The first-order valence-electron chi connectivity index (χ1n) is 6.70. The van der Waals surface area contributed by atoms with Gasteiger partial charge in [-0.15, -0.1) is 0 Å². The van der Waals surface area contributed by atoms with Crippen LogP contribution in [-0.4, -0.2) is 23.2 Å². The first kappa shape index (κ1) is 14.5. The van der Waals surface area contributed by atoms with E-state index in [0.29, 0.717) is 11.3 Å². The van der Waals surface area contributed by atoms with Gasteiger partial charge in [0.25, 0.3) is 0 Å². The molecule has 0 aliphatic carbocycles. The van der Waals surface area contributed by atoms with Gasteiger partial charge in [0.2, 0.25) is 0 Å². The van der Waals surface area contributed by atoms with Crippen molar-refractivity contribution in [3.05, 3.63) is 47.8 Å². The topological polar surface area (TPSA) is 39.1 Å². The largest absolute Gasteiger partial charge is 0.497 e. The lowest BCUT2D eigenvalue weighted by Crippen LogP contribution is -2.25. The summed E-state index contributed by atoms with van der Waals surface area (Å²) in [6.07, 6.45) is 4.46. The summed E-state index contributed by atoms with van der Waals surface area (Å²) >= 11 is 0. The highest BCUT2D eigenvalue weighted by Gasteiger charge is 2.20. The average molecular weight is 277 g/mol. The number of halogens is 1. The Balaban J connectivity index is 2.38. The van der Waals surface area contributed by atoms with Crippen LogP contribution in [0.5, 0.6) is 5.75 Å². The summed E-state index contributed by atoms with van der Waals surface area (Å²) in [6.45, 7) is 2.89. The lowest BCUT2D eigenvalue weighted by Gasteiger charge is -2.20. The minimum atomic E-state index is -0.279. The molecule has 0 amide bonds. The highest BCUT2D eigenvalue weighted by atomic mass is 19.1. The Morgan fingerprint density at radius 1 is 1.45 bits per heavy atom. The number of imidazole rings is 1. The number of hydrogen-bond acceptors (Lipinski definition) is 3. The van der Waals surface area contributed by atoms with Crippen molar-refractivity contribution in [3.8, 4) is 5.75 Å². The molecule has 0 radical (unpaired) electrons. The van der Waals surface area contributed by atoms with Crippen LogP contribution in [0.1, 0.15) is 30.6 Å². The highest BCUT2D eigenvalue weighted by Crippen LogP contribution is 2.26. The van der Waals surface area contributed by atoms with Crippen LogP contribution in [0.15, 0.2) is 30.7 Å². The number of ether oxygens (including phenoxy) is 1. The molecule has 2 aromatic rings. The van der Waals surface area contributed by atoms with Gasteiger partial charge in [-0.1, -0.05) is 13.0 Å². The lowest BCUT2D eigenvalue weighted by molar-refractivity contribution is 0.409. The van der Waals surface area contributed by atoms with Crippen LogP contribution in [0.3, 0.4) is 0 Å². The van der Waals surface area contributed by atoms with Crippen LogP contribution in [-0.2, 0) is 7.05 Å². The van der Waals surface area contributed by atoms with E-state index in [4.69, 9.17) is 4.74 Å². The lowest BCUT2D eigenvalue weighted by atomic mass is 10.0. The summed E-state index contributed by atoms with van der Waals surface area (Å²) in [4.78, 5) is 4.12. The third-order valence-electron chi connectivity index (χ3n) is 3.27. The Labute approximate surface area is 118 Å². The third-order valence-corrected chi connectivity index (χ3v) is 3.27. The molecule has 0 saturated heterocycles. The van der Waals surface area contributed by atoms with Gasteiger partial charge in [-0.25, -0.2) is 9.37 Å². The van der Waals surface area contributed by atoms with Gasteiger partial charge in [-0.3, -0.25) is 0 Å². The molecule has 108 valence electrons. The zero-order chi connectivity index (χ0) is 14.5. The van der Waals surface area contributed by atoms with Crippen molar-refractivity contribution in [2.45, 2.75) is 19.4 Å². The molecule has 0 saturated carbocycles. The van der Waals surface area contributed by atoms with E-state index >= 15 is 0 Å². The van der Waals surface area contributed by atoms with Gasteiger partial charge in [-0.05, 0) is 19.0 Å². The van der Waals surface area contributed by atoms with E-state index in [9.17, 15) is 4.39 Å². The average Bonchev–Trinajstić information content (AvgIpc) is 2.87. The standard InChI is InChI=1S/C15H20FN3O/c1-4-7-18-15(14-9-17-10-19(14)2)12-6-5-11(20-3)8-13(12)16/h5-6,8-10,15,18H,4,7H2,1-3H3. The molecule has 1 atom stereocenters. The number of aromatic nitrogens is 2. The number of methoxy groups -OCH3 is 1. The molecule has 0 fully saturated rings. The van der Waals surface area contributed by atoms with Crippen molar-refractivity contribution in [2.75, 3.05) is 13.7 Å². The van der Waals surface area contributed by atoms with Crippen LogP contribution in [0, 0.1) is 5.82 Å². The van der Waals surface area contributed by atoms with Crippen molar-refractivity contribution in [1.29, 1.82) is 0 Å². The van der Waals surface area contributed by atoms with E-state index in [1.807, 2.05) is 11.6 Å². The molecule has 1 aromatic carbocycles. The summed E-state index contributed by atoms with van der Waals surface area (Å²) in [6, 6.07) is 4.73. The molecule has 0 spiro atoms. The van der Waals surface area contributed by atoms with Crippen LogP contribution in [0.2, 0.25) is 0 Å². The fourth-order valence-electron chi connectivity index (χ4n) is 2.18. The summed E-state index contributed by atoms with van der Waals surface area (Å²) < 4.78 is 21.2. The summed E-state index contributed by atoms with van der Waals surface area (Å²) in [5, 5.41) is 3.37. The van der Waals surface area contributed by atoms with Crippen LogP contribution >= 0.6 is 0 Å². The second-order valence-electron chi connectivity index (χ2n) is 4.70. The molecule has 20 heavy (non-hydrogen) atoms. The van der Waals surface area contributed by atoms with E-state index in [1.54, 1.807) is 24.7 Å². The van der Waals surface area contributed by atoms with Gasteiger partial charge in [0.05, 0.1) is 31.4 Å². The van der Waals surface area contributed by atoms with E-state index in [2.05, 4.69) is 17.2 Å². The van der Waals surface area contributed by atoms with Gasteiger partial charge < -0.3 is 14.6 Å². The van der Waals surface area contributed by atoms with Crippen molar-refractivity contribution >= 4 is 0 Å². The Bertz CT molecular complexity index is 568. The summed E-state index contributed by atoms with van der Waals surface area (Å²) in [5.74, 6) is 0.240. The molecule has 1 heterocycles. The number of aryl methyl sites for hydroxylation is 1. The third kappa shape index (κ3) is 2.99. The number of benzene rings is 1. The van der Waals surface area contributed by atoms with E-state index in [0.717, 1.165) is 18.7 Å². The maximum absolute atomic E-state index is 14.3. The molecule has 1 unspecified atom stereocenters. The monoisotopic (exact) mass is 277 g/mol. The number of hydrogen-bond donors (Lipinski definition) is 1. The van der Waals surface area contributed by atoms with Gasteiger partial charge in [0.1, 0.15) is 11.6 Å². The van der Waals surface area contributed by atoms with Crippen molar-refractivity contribution in [3.63, 3.8) is 0 Å². The fraction of sp³-hybridized carbons (Fsp3) is 0.400. The van der Waals surface area contributed by atoms with E-state index < -0.39 is 0 Å².